The summed E-state index contributed by atoms with van der Waals surface area (Å²) in [5.41, 5.74) is 2.40. The molecule has 0 bridgehead atoms. The molecule has 0 saturated carbocycles. The summed E-state index contributed by atoms with van der Waals surface area (Å²) in [5.74, 6) is 0.550. The molecular formula is C21H23NO. The second-order valence-electron chi connectivity index (χ2n) is 6.19. The molecule has 0 aromatic heterocycles. The molecule has 118 valence electrons. The smallest absolute Gasteiger partial charge is 0.221 e. The first-order chi connectivity index (χ1) is 11.3. The molecule has 0 fully saturated rings. The number of benzene rings is 2. The normalized spacial score (nSPS) is 17.8. The monoisotopic (exact) mass is 305 g/mol. The summed E-state index contributed by atoms with van der Waals surface area (Å²) >= 11 is 0. The predicted molar refractivity (Wildman–Crippen MR) is 94.0 cm³/mol. The maximum atomic E-state index is 12.4. The van der Waals surface area contributed by atoms with Crippen LogP contribution in [0, 0.1) is 5.92 Å². The van der Waals surface area contributed by atoms with Gasteiger partial charge in [-0.25, -0.2) is 0 Å². The number of nitrogens with one attached hydrogen (secondary N) is 1. The van der Waals surface area contributed by atoms with Crippen molar-refractivity contribution in [1.29, 1.82) is 0 Å². The van der Waals surface area contributed by atoms with Crippen LogP contribution < -0.4 is 5.32 Å². The number of allylic oxidation sites excluding steroid dienone is 2. The second kappa shape index (κ2) is 7.77. The molecule has 1 aliphatic rings. The van der Waals surface area contributed by atoms with Crippen molar-refractivity contribution >= 4 is 5.91 Å². The van der Waals surface area contributed by atoms with E-state index in [2.05, 4.69) is 41.7 Å². The third kappa shape index (κ3) is 4.56. The van der Waals surface area contributed by atoms with Gasteiger partial charge in [-0.05, 0) is 36.3 Å². The standard InChI is InChI=1S/C21H23NO/c23-21(16-18-11-7-8-12-18)22-20(19-13-5-2-6-14-19)15-17-9-3-1-4-10-17/h1-7,9-11,13-14,18,20H,8,12,15-16H2,(H,22,23). The number of carbonyl (C=O) groups excluding carboxylic acids is 1. The second-order valence-corrected chi connectivity index (χ2v) is 6.19. The lowest BCUT2D eigenvalue weighted by Crippen LogP contribution is -2.30. The van der Waals surface area contributed by atoms with E-state index in [1.165, 1.54) is 5.56 Å². The van der Waals surface area contributed by atoms with E-state index in [1.807, 2.05) is 36.4 Å². The molecule has 0 heterocycles. The van der Waals surface area contributed by atoms with Crippen LogP contribution in [0.2, 0.25) is 0 Å². The zero-order valence-corrected chi connectivity index (χ0v) is 13.3. The van der Waals surface area contributed by atoms with Crippen molar-refractivity contribution in [3.63, 3.8) is 0 Å². The summed E-state index contributed by atoms with van der Waals surface area (Å²) in [6.45, 7) is 0. The first-order valence-corrected chi connectivity index (χ1v) is 8.36. The van der Waals surface area contributed by atoms with Gasteiger partial charge in [-0.1, -0.05) is 72.8 Å². The Morgan fingerprint density at radius 3 is 2.39 bits per heavy atom. The average Bonchev–Trinajstić information content (AvgIpc) is 3.09. The van der Waals surface area contributed by atoms with Gasteiger partial charge in [0.2, 0.25) is 5.91 Å². The number of rotatable bonds is 6. The van der Waals surface area contributed by atoms with Crippen molar-refractivity contribution in [2.24, 2.45) is 5.92 Å². The van der Waals surface area contributed by atoms with Crippen LogP contribution in [0.25, 0.3) is 0 Å². The minimum atomic E-state index is 0.0245. The quantitative estimate of drug-likeness (QED) is 0.785. The summed E-state index contributed by atoms with van der Waals surface area (Å²) in [7, 11) is 0. The van der Waals surface area contributed by atoms with Gasteiger partial charge in [-0.3, -0.25) is 4.79 Å². The van der Waals surface area contributed by atoms with E-state index in [-0.39, 0.29) is 11.9 Å². The SMILES string of the molecule is O=C(CC1C=CCC1)NC(Cc1ccccc1)c1ccccc1. The van der Waals surface area contributed by atoms with E-state index in [0.29, 0.717) is 12.3 Å². The van der Waals surface area contributed by atoms with Gasteiger partial charge in [-0.15, -0.1) is 0 Å². The first-order valence-electron chi connectivity index (χ1n) is 8.36. The highest BCUT2D eigenvalue weighted by Crippen LogP contribution is 2.22. The van der Waals surface area contributed by atoms with E-state index in [4.69, 9.17) is 0 Å². The Bertz CT molecular complexity index is 648. The fraction of sp³-hybridized carbons (Fsp3) is 0.286. The molecule has 3 rings (SSSR count). The predicted octanol–water partition coefficient (Wildman–Crippen LogP) is 4.44. The highest BCUT2D eigenvalue weighted by atomic mass is 16.1. The zero-order valence-electron chi connectivity index (χ0n) is 13.3. The van der Waals surface area contributed by atoms with Crippen LogP contribution in [0.3, 0.4) is 0 Å². The van der Waals surface area contributed by atoms with E-state index in [9.17, 15) is 4.79 Å². The molecule has 0 radical (unpaired) electrons. The highest BCUT2D eigenvalue weighted by molar-refractivity contribution is 5.77. The maximum Gasteiger partial charge on any atom is 0.221 e. The van der Waals surface area contributed by atoms with Crippen molar-refractivity contribution < 1.29 is 4.79 Å². The van der Waals surface area contributed by atoms with Gasteiger partial charge >= 0.3 is 0 Å². The number of hydrogen-bond acceptors (Lipinski definition) is 1. The largest absolute Gasteiger partial charge is 0.349 e. The van der Waals surface area contributed by atoms with Crippen LogP contribution >= 0.6 is 0 Å². The van der Waals surface area contributed by atoms with Crippen molar-refractivity contribution in [3.05, 3.63) is 83.9 Å². The van der Waals surface area contributed by atoms with Crippen LogP contribution in [0.5, 0.6) is 0 Å². The molecular weight excluding hydrogens is 282 g/mol. The Balaban J connectivity index is 1.69. The zero-order chi connectivity index (χ0) is 15.9. The van der Waals surface area contributed by atoms with Crippen molar-refractivity contribution in [3.8, 4) is 0 Å². The first kappa shape index (κ1) is 15.5. The summed E-state index contributed by atoms with van der Waals surface area (Å²) in [6, 6.07) is 20.6. The van der Waals surface area contributed by atoms with Crippen LogP contribution in [0.1, 0.15) is 36.4 Å². The van der Waals surface area contributed by atoms with Gasteiger partial charge in [0, 0.05) is 6.42 Å². The average molecular weight is 305 g/mol. The molecule has 1 aliphatic carbocycles. The molecule has 2 aromatic rings. The highest BCUT2D eigenvalue weighted by Gasteiger charge is 2.18. The third-order valence-corrected chi connectivity index (χ3v) is 4.38. The lowest BCUT2D eigenvalue weighted by atomic mass is 9.98. The van der Waals surface area contributed by atoms with Gasteiger partial charge in [0.25, 0.3) is 0 Å². The summed E-state index contributed by atoms with van der Waals surface area (Å²) < 4.78 is 0. The van der Waals surface area contributed by atoms with Crippen LogP contribution in [-0.4, -0.2) is 5.91 Å². The molecule has 23 heavy (non-hydrogen) atoms. The van der Waals surface area contributed by atoms with Gasteiger partial charge in [0.05, 0.1) is 6.04 Å². The molecule has 0 saturated heterocycles. The van der Waals surface area contributed by atoms with Crippen LogP contribution in [0.4, 0.5) is 0 Å². The minimum Gasteiger partial charge on any atom is -0.349 e. The minimum absolute atomic E-state index is 0.0245. The van der Waals surface area contributed by atoms with Crippen molar-refractivity contribution in [2.45, 2.75) is 31.7 Å². The lowest BCUT2D eigenvalue weighted by Gasteiger charge is -2.20. The molecule has 2 atom stereocenters. The fourth-order valence-corrected chi connectivity index (χ4v) is 3.14. The fourth-order valence-electron chi connectivity index (χ4n) is 3.14. The molecule has 1 N–H and O–H groups in total. The van der Waals surface area contributed by atoms with Gasteiger partial charge < -0.3 is 5.32 Å². The van der Waals surface area contributed by atoms with Gasteiger partial charge in [-0.2, -0.15) is 0 Å². The van der Waals surface area contributed by atoms with Gasteiger partial charge in [0.15, 0.2) is 0 Å². The molecule has 2 unspecified atom stereocenters. The molecule has 2 nitrogen and oxygen atoms in total. The molecule has 0 spiro atoms. The Morgan fingerprint density at radius 1 is 1.04 bits per heavy atom. The lowest BCUT2D eigenvalue weighted by molar-refractivity contribution is -0.122. The van der Waals surface area contributed by atoms with E-state index >= 15 is 0 Å². The number of carbonyl (C=O) groups is 1. The van der Waals surface area contributed by atoms with Crippen molar-refractivity contribution in [2.75, 3.05) is 0 Å². The summed E-state index contributed by atoms with van der Waals surface area (Å²) in [5, 5.41) is 3.24. The molecule has 0 aliphatic heterocycles. The summed E-state index contributed by atoms with van der Waals surface area (Å²) in [6.07, 6.45) is 7.96. The maximum absolute atomic E-state index is 12.4. The van der Waals surface area contributed by atoms with Crippen molar-refractivity contribution in [1.82, 2.24) is 5.32 Å². The Kier molecular flexibility index (Phi) is 5.25. The van der Waals surface area contributed by atoms with Crippen LogP contribution in [0.15, 0.2) is 72.8 Å². The van der Waals surface area contributed by atoms with Crippen LogP contribution in [-0.2, 0) is 11.2 Å². The number of hydrogen-bond donors (Lipinski definition) is 1. The van der Waals surface area contributed by atoms with E-state index < -0.39 is 0 Å². The van der Waals surface area contributed by atoms with E-state index in [0.717, 1.165) is 24.8 Å². The Labute approximate surface area is 138 Å². The summed E-state index contributed by atoms with van der Waals surface area (Å²) in [4.78, 5) is 12.4. The molecule has 1 amide bonds. The Hall–Kier alpha value is -2.35. The topological polar surface area (TPSA) is 29.1 Å². The molecule has 2 aromatic carbocycles. The number of amides is 1. The Morgan fingerprint density at radius 2 is 1.74 bits per heavy atom. The van der Waals surface area contributed by atoms with Gasteiger partial charge in [0.1, 0.15) is 0 Å². The molecule has 2 heteroatoms. The third-order valence-electron chi connectivity index (χ3n) is 4.38. The van der Waals surface area contributed by atoms with E-state index in [1.54, 1.807) is 0 Å².